The molecule has 0 saturated carbocycles. The largest absolute Gasteiger partial charge is 0.507 e. The maximum absolute atomic E-state index is 12.7. The molecule has 0 radical (unpaired) electrons. The Hall–Kier alpha value is -1.32. The molecule has 1 aromatic carbocycles. The molecule has 0 bridgehead atoms. The van der Waals surface area contributed by atoms with Crippen LogP contribution in [0.25, 0.3) is 0 Å². The molecular weight excluding hydrogens is 437 g/mol. The van der Waals surface area contributed by atoms with Crippen LogP contribution in [0.2, 0.25) is 0 Å². The van der Waals surface area contributed by atoms with E-state index in [1.807, 2.05) is 12.1 Å². The van der Waals surface area contributed by atoms with Crippen LogP contribution in [0.15, 0.2) is 18.2 Å². The van der Waals surface area contributed by atoms with Crippen LogP contribution in [0.4, 0.5) is 5.00 Å². The second kappa shape index (κ2) is 6.20. The fraction of sp³-hybridized carbons (Fsp3) is 0.353. The summed E-state index contributed by atoms with van der Waals surface area (Å²) < 4.78 is 0.774. The number of rotatable bonds is 2. The lowest BCUT2D eigenvalue weighted by molar-refractivity contribution is 0.0934. The van der Waals surface area contributed by atoms with Gasteiger partial charge in [-0.05, 0) is 58.8 Å². The molecule has 5 nitrogen and oxygen atoms in total. The third kappa shape index (κ3) is 2.68. The van der Waals surface area contributed by atoms with Gasteiger partial charge in [0.05, 0.1) is 9.13 Å². The highest BCUT2D eigenvalue weighted by Crippen LogP contribution is 2.41. The van der Waals surface area contributed by atoms with Gasteiger partial charge < -0.3 is 15.7 Å². The molecule has 2 aromatic rings. The molecule has 4 rings (SSSR count). The molecule has 0 spiro atoms. The molecule has 1 atom stereocenters. The number of benzene rings is 1. The van der Waals surface area contributed by atoms with E-state index in [-0.39, 0.29) is 17.8 Å². The standard InChI is InChI=1S/C17H18IN3O2S/c1-2-21-6-5-10-13(8-21)24-17-14(10)16(23)19-15(20-17)9-3-4-12(22)11(18)7-9/h3-4,7,15,20,22H,2,5-6,8H2,1H3,(H,19,23)/t15-/m0/s1. The molecule has 7 heteroatoms. The number of halogens is 1. The van der Waals surface area contributed by atoms with Crippen LogP contribution in [0.3, 0.4) is 0 Å². The van der Waals surface area contributed by atoms with E-state index in [4.69, 9.17) is 0 Å². The zero-order chi connectivity index (χ0) is 16.8. The Morgan fingerprint density at radius 3 is 3.00 bits per heavy atom. The molecule has 2 aliphatic heterocycles. The Kier molecular flexibility index (Phi) is 4.17. The number of carbonyl (C=O) groups excluding carboxylic acids is 1. The van der Waals surface area contributed by atoms with Gasteiger partial charge in [-0.1, -0.05) is 13.0 Å². The molecule has 3 N–H and O–H groups in total. The van der Waals surface area contributed by atoms with Crippen LogP contribution >= 0.6 is 33.9 Å². The van der Waals surface area contributed by atoms with Gasteiger partial charge in [0.25, 0.3) is 5.91 Å². The van der Waals surface area contributed by atoms with Crippen molar-refractivity contribution < 1.29 is 9.90 Å². The van der Waals surface area contributed by atoms with Crippen molar-refractivity contribution in [2.45, 2.75) is 26.1 Å². The predicted octanol–water partition coefficient (Wildman–Crippen LogP) is 3.29. The lowest BCUT2D eigenvalue weighted by Crippen LogP contribution is -2.38. The van der Waals surface area contributed by atoms with E-state index >= 15 is 0 Å². The molecule has 0 saturated heterocycles. The number of anilines is 1. The lowest BCUT2D eigenvalue weighted by Gasteiger charge is -2.28. The number of nitrogens with one attached hydrogen (secondary N) is 2. The molecule has 0 unspecified atom stereocenters. The lowest BCUT2D eigenvalue weighted by atomic mass is 10.0. The van der Waals surface area contributed by atoms with Gasteiger partial charge in [0.1, 0.15) is 16.9 Å². The molecule has 1 aromatic heterocycles. The zero-order valence-electron chi connectivity index (χ0n) is 13.2. The minimum Gasteiger partial charge on any atom is -0.507 e. The SMILES string of the molecule is CCN1CCc2c(sc3c2C(=O)N[C@H](c2ccc(O)c(I)c2)N3)C1. The van der Waals surface area contributed by atoms with Crippen molar-refractivity contribution in [2.24, 2.45) is 0 Å². The molecule has 2 aliphatic rings. The van der Waals surface area contributed by atoms with Crippen LogP contribution in [-0.4, -0.2) is 29.0 Å². The van der Waals surface area contributed by atoms with Gasteiger partial charge in [0.2, 0.25) is 0 Å². The summed E-state index contributed by atoms with van der Waals surface area (Å²) in [6, 6.07) is 5.40. The maximum Gasteiger partial charge on any atom is 0.256 e. The number of hydrogen-bond donors (Lipinski definition) is 3. The number of hydrogen-bond acceptors (Lipinski definition) is 5. The molecule has 3 heterocycles. The normalized spacial score (nSPS) is 20.1. The Morgan fingerprint density at radius 2 is 2.25 bits per heavy atom. The molecular formula is C17H18IN3O2S. The summed E-state index contributed by atoms with van der Waals surface area (Å²) in [6.45, 7) is 5.15. The third-order valence-electron chi connectivity index (χ3n) is 4.67. The first-order chi connectivity index (χ1) is 11.6. The van der Waals surface area contributed by atoms with Gasteiger partial charge in [0, 0.05) is 18.0 Å². The van der Waals surface area contributed by atoms with Crippen LogP contribution < -0.4 is 10.6 Å². The van der Waals surface area contributed by atoms with Gasteiger partial charge in [-0.15, -0.1) is 11.3 Å². The van der Waals surface area contributed by atoms with E-state index in [1.54, 1.807) is 17.4 Å². The number of phenols is 1. The number of carbonyl (C=O) groups is 1. The van der Waals surface area contributed by atoms with Gasteiger partial charge in [-0.25, -0.2) is 0 Å². The predicted molar refractivity (Wildman–Crippen MR) is 104 cm³/mol. The van der Waals surface area contributed by atoms with Crippen LogP contribution in [0, 0.1) is 3.57 Å². The van der Waals surface area contributed by atoms with Crippen LogP contribution in [0.5, 0.6) is 5.75 Å². The minimum atomic E-state index is -0.263. The molecule has 0 aliphatic carbocycles. The number of phenolic OH excluding ortho intramolecular Hbond substituents is 1. The average molecular weight is 455 g/mol. The topological polar surface area (TPSA) is 64.6 Å². The second-order valence-corrected chi connectivity index (χ2v) is 8.36. The molecule has 24 heavy (non-hydrogen) atoms. The highest BCUT2D eigenvalue weighted by molar-refractivity contribution is 14.1. The summed E-state index contributed by atoms with van der Waals surface area (Å²) in [6.07, 6.45) is 0.674. The Bertz CT molecular complexity index is 820. The van der Waals surface area contributed by atoms with Crippen molar-refractivity contribution in [2.75, 3.05) is 18.4 Å². The Balaban J connectivity index is 1.67. The number of fused-ring (bicyclic) bond motifs is 3. The number of amides is 1. The minimum absolute atomic E-state index is 0.000665. The second-order valence-electron chi connectivity index (χ2n) is 6.09. The average Bonchev–Trinajstić information content (AvgIpc) is 2.95. The number of nitrogens with zero attached hydrogens (tertiary/aromatic N) is 1. The van der Waals surface area contributed by atoms with Crippen LogP contribution in [-0.2, 0) is 13.0 Å². The summed E-state index contributed by atoms with van der Waals surface area (Å²) in [5.74, 6) is 0.257. The molecule has 0 fully saturated rings. The highest BCUT2D eigenvalue weighted by atomic mass is 127. The first kappa shape index (κ1) is 16.2. The summed E-state index contributed by atoms with van der Waals surface area (Å²) >= 11 is 3.80. The zero-order valence-corrected chi connectivity index (χ0v) is 16.2. The molecule has 1 amide bonds. The summed E-state index contributed by atoms with van der Waals surface area (Å²) in [4.78, 5) is 16.4. The van der Waals surface area contributed by atoms with E-state index in [2.05, 4.69) is 45.0 Å². The van der Waals surface area contributed by atoms with Gasteiger partial charge in [-0.3, -0.25) is 9.69 Å². The Morgan fingerprint density at radius 1 is 1.42 bits per heavy atom. The first-order valence-corrected chi connectivity index (χ1v) is 9.89. The fourth-order valence-corrected chi connectivity index (χ4v) is 5.16. The van der Waals surface area contributed by atoms with Crippen molar-refractivity contribution >= 4 is 44.8 Å². The first-order valence-electron chi connectivity index (χ1n) is 7.99. The van der Waals surface area contributed by atoms with E-state index < -0.39 is 0 Å². The van der Waals surface area contributed by atoms with E-state index in [0.717, 1.165) is 45.8 Å². The van der Waals surface area contributed by atoms with Gasteiger partial charge in [-0.2, -0.15) is 0 Å². The van der Waals surface area contributed by atoms with E-state index in [1.165, 1.54) is 10.4 Å². The maximum atomic E-state index is 12.7. The highest BCUT2D eigenvalue weighted by Gasteiger charge is 2.33. The summed E-state index contributed by atoms with van der Waals surface area (Å²) in [5.41, 5.74) is 2.98. The van der Waals surface area contributed by atoms with Crippen molar-refractivity contribution in [3.8, 4) is 5.75 Å². The Labute approximate surface area is 158 Å². The van der Waals surface area contributed by atoms with Gasteiger partial charge in [0.15, 0.2) is 0 Å². The van der Waals surface area contributed by atoms with Crippen molar-refractivity contribution in [1.82, 2.24) is 10.2 Å². The monoisotopic (exact) mass is 455 g/mol. The molecule has 126 valence electrons. The van der Waals surface area contributed by atoms with E-state index in [9.17, 15) is 9.90 Å². The number of likely N-dealkylation sites (N-methyl/N-ethyl adjacent to an activating group) is 1. The van der Waals surface area contributed by atoms with Crippen LogP contribution in [0.1, 0.15) is 39.5 Å². The summed E-state index contributed by atoms with van der Waals surface area (Å²) in [7, 11) is 0. The summed E-state index contributed by atoms with van der Waals surface area (Å²) in [5, 5.41) is 17.2. The number of thiophene rings is 1. The quantitative estimate of drug-likeness (QED) is 0.609. The fourth-order valence-electron chi connectivity index (χ4n) is 3.31. The van der Waals surface area contributed by atoms with Crippen molar-refractivity contribution in [3.05, 3.63) is 43.3 Å². The van der Waals surface area contributed by atoms with Crippen molar-refractivity contribution in [3.63, 3.8) is 0 Å². The third-order valence-corrected chi connectivity index (χ3v) is 6.68. The number of aromatic hydroxyl groups is 1. The van der Waals surface area contributed by atoms with Crippen molar-refractivity contribution in [1.29, 1.82) is 0 Å². The smallest absolute Gasteiger partial charge is 0.256 e. The van der Waals surface area contributed by atoms with E-state index in [0.29, 0.717) is 0 Å². The van der Waals surface area contributed by atoms with Gasteiger partial charge >= 0.3 is 0 Å².